The van der Waals surface area contributed by atoms with Crippen molar-refractivity contribution in [3.63, 3.8) is 0 Å². The quantitative estimate of drug-likeness (QED) is 0.0948. The van der Waals surface area contributed by atoms with Crippen LogP contribution in [0.3, 0.4) is 0 Å². The molecule has 191 valence electrons. The number of unbranched alkanes of at least 4 members (excludes halogenated alkanes) is 23. The molecule has 0 aromatic rings. The highest BCUT2D eigenvalue weighted by atomic mass is 14.0. The van der Waals surface area contributed by atoms with E-state index in [1.165, 1.54) is 154 Å². The Kier molecular flexibility index (Phi) is 28.4. The Morgan fingerprint density at radius 2 is 0.788 bits per heavy atom. The summed E-state index contributed by atoms with van der Waals surface area (Å²) in [5.74, 6) is 9.37. The third-order valence-electron chi connectivity index (χ3n) is 6.95. The van der Waals surface area contributed by atoms with Crippen LogP contribution >= 0.6 is 0 Å². The second-order valence-corrected chi connectivity index (χ2v) is 10.3. The van der Waals surface area contributed by atoms with E-state index >= 15 is 0 Å². The van der Waals surface area contributed by atoms with E-state index in [-0.39, 0.29) is 5.92 Å². The van der Waals surface area contributed by atoms with Gasteiger partial charge in [-0.25, -0.2) is 0 Å². The van der Waals surface area contributed by atoms with Gasteiger partial charge in [0.25, 0.3) is 0 Å². The SMILES string of the molecule is [C]#CC(C#CCCCCCCCCCCCCCC)CCCCCCCCCCCCCC. The molecular formula is C33H59. The normalized spacial score (nSPS) is 11.7. The first-order valence-electron chi connectivity index (χ1n) is 15.3. The lowest BCUT2D eigenvalue weighted by atomic mass is 10.0. The Morgan fingerprint density at radius 3 is 1.15 bits per heavy atom. The zero-order valence-corrected chi connectivity index (χ0v) is 23.0. The number of hydrogen-bond donors (Lipinski definition) is 0. The Balaban J connectivity index is 3.39. The lowest BCUT2D eigenvalue weighted by molar-refractivity contribution is 0.534. The zero-order valence-electron chi connectivity index (χ0n) is 23.0. The van der Waals surface area contributed by atoms with E-state index < -0.39 is 0 Å². The maximum Gasteiger partial charge on any atom is 0.0821 e. The predicted octanol–water partition coefficient (Wildman–Crippen LogP) is 11.4. The monoisotopic (exact) mass is 455 g/mol. The van der Waals surface area contributed by atoms with Crippen molar-refractivity contribution in [1.29, 1.82) is 0 Å². The molecule has 0 heteroatoms. The van der Waals surface area contributed by atoms with Gasteiger partial charge in [-0.05, 0) is 19.3 Å². The summed E-state index contributed by atoms with van der Waals surface area (Å²) in [6, 6.07) is 0. The first-order valence-corrected chi connectivity index (χ1v) is 15.3. The molecule has 0 N–H and O–H groups in total. The van der Waals surface area contributed by atoms with Gasteiger partial charge in [0.2, 0.25) is 0 Å². The third kappa shape index (κ3) is 27.2. The summed E-state index contributed by atoms with van der Waals surface area (Å²) < 4.78 is 0. The highest BCUT2D eigenvalue weighted by molar-refractivity contribution is 5.12. The molecule has 0 aliphatic heterocycles. The topological polar surface area (TPSA) is 0 Å². The summed E-state index contributed by atoms with van der Waals surface area (Å²) in [5.41, 5.74) is 0. The summed E-state index contributed by atoms with van der Waals surface area (Å²) >= 11 is 0. The highest BCUT2D eigenvalue weighted by Crippen LogP contribution is 2.15. The average Bonchev–Trinajstić information content (AvgIpc) is 2.83. The maximum atomic E-state index is 7.53. The van der Waals surface area contributed by atoms with E-state index in [1.54, 1.807) is 0 Å². The van der Waals surface area contributed by atoms with E-state index in [0.29, 0.717) is 0 Å². The van der Waals surface area contributed by atoms with Gasteiger partial charge in [0, 0.05) is 6.42 Å². The molecule has 1 unspecified atom stereocenters. The van der Waals surface area contributed by atoms with Crippen molar-refractivity contribution >= 4 is 0 Å². The maximum absolute atomic E-state index is 7.53. The standard InChI is InChI=1S/C33H59/c1-4-7-9-11-13-15-17-19-20-22-24-26-28-30-32-33(6-3)31-29-27-25-23-21-18-16-14-12-10-8-5-2/h33H,4-5,7-29,31H2,1-2H3. The zero-order chi connectivity index (χ0) is 24.1. The second-order valence-electron chi connectivity index (χ2n) is 10.3. The van der Waals surface area contributed by atoms with Crippen LogP contribution < -0.4 is 0 Å². The number of rotatable bonds is 25. The molecule has 0 spiro atoms. The molecule has 0 saturated heterocycles. The van der Waals surface area contributed by atoms with Gasteiger partial charge in [-0.15, -0.1) is 5.92 Å². The van der Waals surface area contributed by atoms with Gasteiger partial charge in [0.1, 0.15) is 0 Å². The van der Waals surface area contributed by atoms with Crippen LogP contribution in [-0.2, 0) is 0 Å². The molecule has 0 heterocycles. The fraction of sp³-hybridized carbons (Fsp3) is 0.879. The second kappa shape index (κ2) is 29.2. The summed E-state index contributed by atoms with van der Waals surface area (Å²) in [5, 5.41) is 0. The Hall–Kier alpha value is -0.880. The number of hydrogen-bond acceptors (Lipinski definition) is 0. The molecule has 0 aliphatic rings. The van der Waals surface area contributed by atoms with Gasteiger partial charge < -0.3 is 0 Å². The lowest BCUT2D eigenvalue weighted by Crippen LogP contribution is -1.93. The van der Waals surface area contributed by atoms with Crippen LogP contribution in [0.1, 0.15) is 181 Å². The van der Waals surface area contributed by atoms with Gasteiger partial charge in [-0.3, -0.25) is 0 Å². The minimum atomic E-state index is 0.0745. The van der Waals surface area contributed by atoms with Crippen LogP contribution in [0.25, 0.3) is 0 Å². The van der Waals surface area contributed by atoms with Crippen molar-refractivity contribution in [2.75, 3.05) is 0 Å². The van der Waals surface area contributed by atoms with E-state index in [4.69, 9.17) is 6.42 Å². The molecule has 1 radical (unpaired) electrons. The minimum absolute atomic E-state index is 0.0745. The fourth-order valence-electron chi connectivity index (χ4n) is 4.62. The average molecular weight is 456 g/mol. The van der Waals surface area contributed by atoms with E-state index in [0.717, 1.165) is 12.8 Å². The van der Waals surface area contributed by atoms with Gasteiger partial charge in [-0.1, -0.05) is 173 Å². The summed E-state index contributed by atoms with van der Waals surface area (Å²) in [7, 11) is 0. The summed E-state index contributed by atoms with van der Waals surface area (Å²) in [6.07, 6.45) is 42.9. The van der Waals surface area contributed by atoms with Crippen LogP contribution in [0.4, 0.5) is 0 Å². The minimum Gasteiger partial charge on any atom is -0.102 e. The van der Waals surface area contributed by atoms with E-state index in [2.05, 4.69) is 31.6 Å². The molecule has 0 aliphatic carbocycles. The lowest BCUT2D eigenvalue weighted by Gasteiger charge is -2.04. The van der Waals surface area contributed by atoms with Gasteiger partial charge in [0.15, 0.2) is 0 Å². The van der Waals surface area contributed by atoms with Crippen molar-refractivity contribution in [3.05, 3.63) is 6.42 Å². The summed E-state index contributed by atoms with van der Waals surface area (Å²) in [4.78, 5) is 0. The van der Waals surface area contributed by atoms with E-state index in [1.807, 2.05) is 0 Å². The van der Waals surface area contributed by atoms with Crippen molar-refractivity contribution in [1.82, 2.24) is 0 Å². The molecule has 0 nitrogen and oxygen atoms in total. The fourth-order valence-corrected chi connectivity index (χ4v) is 4.62. The van der Waals surface area contributed by atoms with Crippen LogP contribution in [-0.4, -0.2) is 0 Å². The third-order valence-corrected chi connectivity index (χ3v) is 6.95. The van der Waals surface area contributed by atoms with Gasteiger partial charge >= 0.3 is 0 Å². The molecule has 0 saturated carbocycles. The molecule has 0 rings (SSSR count). The largest absolute Gasteiger partial charge is 0.102 e. The van der Waals surface area contributed by atoms with Crippen LogP contribution in [0.15, 0.2) is 0 Å². The molecule has 0 aromatic heterocycles. The molecule has 0 aromatic carbocycles. The van der Waals surface area contributed by atoms with Crippen LogP contribution in [0, 0.1) is 30.1 Å². The van der Waals surface area contributed by atoms with Gasteiger partial charge in [-0.2, -0.15) is 0 Å². The molecule has 0 amide bonds. The Morgan fingerprint density at radius 1 is 0.455 bits per heavy atom. The molecule has 0 fully saturated rings. The first kappa shape index (κ1) is 32.1. The van der Waals surface area contributed by atoms with Crippen molar-refractivity contribution < 1.29 is 0 Å². The van der Waals surface area contributed by atoms with Crippen molar-refractivity contribution in [3.8, 4) is 17.8 Å². The Labute approximate surface area is 210 Å². The van der Waals surface area contributed by atoms with Crippen molar-refractivity contribution in [2.45, 2.75) is 181 Å². The molecule has 1 atom stereocenters. The smallest absolute Gasteiger partial charge is 0.0821 e. The van der Waals surface area contributed by atoms with Crippen LogP contribution in [0.5, 0.6) is 0 Å². The predicted molar refractivity (Wildman–Crippen MR) is 150 cm³/mol. The summed E-state index contributed by atoms with van der Waals surface area (Å²) in [6.45, 7) is 4.58. The first-order chi connectivity index (χ1) is 16.3. The van der Waals surface area contributed by atoms with Crippen molar-refractivity contribution in [2.24, 2.45) is 5.92 Å². The van der Waals surface area contributed by atoms with Gasteiger partial charge in [0.05, 0.1) is 5.92 Å². The molecule has 33 heavy (non-hydrogen) atoms. The molecule has 0 bridgehead atoms. The Bertz CT molecular complexity index is 457. The molecular weight excluding hydrogens is 396 g/mol. The highest BCUT2D eigenvalue weighted by Gasteiger charge is 2.01. The van der Waals surface area contributed by atoms with Crippen LogP contribution in [0.2, 0.25) is 0 Å². The van der Waals surface area contributed by atoms with E-state index in [9.17, 15) is 0 Å².